The highest BCUT2D eigenvalue weighted by Gasteiger charge is 2.33. The summed E-state index contributed by atoms with van der Waals surface area (Å²) >= 11 is 0. The van der Waals surface area contributed by atoms with Crippen LogP contribution in [0.3, 0.4) is 0 Å². The van der Waals surface area contributed by atoms with Crippen LogP contribution in [0.2, 0.25) is 0 Å². The first-order chi connectivity index (χ1) is 9.93. The van der Waals surface area contributed by atoms with E-state index in [2.05, 4.69) is 0 Å². The minimum Gasteiger partial charge on any atom is -0.342 e. The molecule has 0 N–H and O–H groups in total. The van der Waals surface area contributed by atoms with E-state index in [1.807, 2.05) is 0 Å². The lowest BCUT2D eigenvalue weighted by Crippen LogP contribution is -2.48. The van der Waals surface area contributed by atoms with Crippen LogP contribution in [0.5, 0.6) is 0 Å². The fourth-order valence-corrected chi connectivity index (χ4v) is 4.88. The molecule has 0 aromatic carbocycles. The van der Waals surface area contributed by atoms with Gasteiger partial charge in [-0.15, -0.1) is 0 Å². The highest BCUT2D eigenvalue weighted by Crippen LogP contribution is 2.25. The van der Waals surface area contributed by atoms with Gasteiger partial charge in [-0.1, -0.05) is 19.3 Å². The van der Waals surface area contributed by atoms with Crippen LogP contribution in [-0.2, 0) is 15.0 Å². The van der Waals surface area contributed by atoms with E-state index in [0.29, 0.717) is 32.6 Å². The molecule has 1 aliphatic heterocycles. The predicted molar refractivity (Wildman–Crippen MR) is 82.0 cm³/mol. The van der Waals surface area contributed by atoms with Gasteiger partial charge in [-0.2, -0.15) is 17.0 Å². The molecule has 1 heterocycles. The van der Waals surface area contributed by atoms with E-state index in [4.69, 9.17) is 0 Å². The lowest BCUT2D eigenvalue weighted by Gasteiger charge is -2.34. The standard InChI is InChI=1S/C14H27N3O3S/c1-13(18)16-9-6-10-17(12-11-16)21(19,20)15(2)14-7-4-3-5-8-14/h14H,3-12H2,1-2H3. The van der Waals surface area contributed by atoms with Gasteiger partial charge in [-0.05, 0) is 19.3 Å². The van der Waals surface area contributed by atoms with E-state index in [1.54, 1.807) is 20.6 Å². The van der Waals surface area contributed by atoms with Crippen LogP contribution >= 0.6 is 0 Å². The number of rotatable bonds is 3. The second-order valence-corrected chi connectivity index (χ2v) is 8.06. The molecule has 0 aromatic heterocycles. The van der Waals surface area contributed by atoms with Crippen molar-refractivity contribution in [3.63, 3.8) is 0 Å². The van der Waals surface area contributed by atoms with E-state index in [9.17, 15) is 13.2 Å². The molecule has 0 atom stereocenters. The van der Waals surface area contributed by atoms with Gasteiger partial charge in [0.2, 0.25) is 5.91 Å². The van der Waals surface area contributed by atoms with Crippen molar-refractivity contribution in [1.82, 2.24) is 13.5 Å². The van der Waals surface area contributed by atoms with Gasteiger partial charge in [-0.3, -0.25) is 4.79 Å². The lowest BCUT2D eigenvalue weighted by molar-refractivity contribution is -0.128. The average molecular weight is 317 g/mol. The maximum atomic E-state index is 12.8. The van der Waals surface area contributed by atoms with E-state index >= 15 is 0 Å². The van der Waals surface area contributed by atoms with Crippen molar-refractivity contribution in [2.75, 3.05) is 33.2 Å². The van der Waals surface area contributed by atoms with E-state index in [1.165, 1.54) is 13.3 Å². The molecule has 0 aromatic rings. The summed E-state index contributed by atoms with van der Waals surface area (Å²) in [6.45, 7) is 3.59. The Bertz CT molecular complexity index is 460. The Morgan fingerprint density at radius 2 is 1.67 bits per heavy atom. The van der Waals surface area contributed by atoms with Gasteiger partial charge >= 0.3 is 0 Å². The molecule has 0 radical (unpaired) electrons. The highest BCUT2D eigenvalue weighted by atomic mass is 32.2. The largest absolute Gasteiger partial charge is 0.342 e. The first-order valence-electron chi connectivity index (χ1n) is 7.91. The maximum Gasteiger partial charge on any atom is 0.282 e. The molecule has 1 saturated heterocycles. The first kappa shape index (κ1) is 16.7. The maximum absolute atomic E-state index is 12.8. The third-order valence-electron chi connectivity index (χ3n) is 4.68. The summed E-state index contributed by atoms with van der Waals surface area (Å²) in [6.07, 6.45) is 6.07. The number of carbonyl (C=O) groups excluding carboxylic acids is 1. The SMILES string of the molecule is CC(=O)N1CCCN(S(=O)(=O)N(C)C2CCCCC2)CC1. The molecule has 7 heteroatoms. The zero-order chi connectivity index (χ0) is 15.5. The van der Waals surface area contributed by atoms with E-state index in [-0.39, 0.29) is 11.9 Å². The molecule has 2 aliphatic rings. The summed E-state index contributed by atoms with van der Waals surface area (Å²) in [6, 6.07) is 0.135. The number of nitrogens with zero attached hydrogens (tertiary/aromatic N) is 3. The summed E-state index contributed by atoms with van der Waals surface area (Å²) in [4.78, 5) is 13.2. The topological polar surface area (TPSA) is 60.9 Å². The van der Waals surface area contributed by atoms with Crippen molar-refractivity contribution < 1.29 is 13.2 Å². The van der Waals surface area contributed by atoms with Crippen molar-refractivity contribution >= 4 is 16.1 Å². The monoisotopic (exact) mass is 317 g/mol. The fourth-order valence-electron chi connectivity index (χ4n) is 3.25. The molecule has 0 unspecified atom stereocenters. The van der Waals surface area contributed by atoms with Gasteiger partial charge in [0.15, 0.2) is 0 Å². The quantitative estimate of drug-likeness (QED) is 0.782. The Labute approximate surface area is 128 Å². The third-order valence-corrected chi connectivity index (χ3v) is 6.72. The fraction of sp³-hybridized carbons (Fsp3) is 0.929. The molecule has 21 heavy (non-hydrogen) atoms. The summed E-state index contributed by atoms with van der Waals surface area (Å²) < 4.78 is 28.6. The summed E-state index contributed by atoms with van der Waals surface area (Å²) in [7, 11) is -1.70. The van der Waals surface area contributed by atoms with Crippen molar-refractivity contribution in [3.8, 4) is 0 Å². The van der Waals surface area contributed by atoms with Crippen LogP contribution in [0.15, 0.2) is 0 Å². The van der Waals surface area contributed by atoms with Crippen LogP contribution < -0.4 is 0 Å². The van der Waals surface area contributed by atoms with E-state index in [0.717, 1.165) is 25.7 Å². The Kier molecular flexibility index (Phi) is 5.62. The minimum atomic E-state index is -3.41. The van der Waals surface area contributed by atoms with Crippen LogP contribution in [0.25, 0.3) is 0 Å². The second kappa shape index (κ2) is 7.07. The number of carbonyl (C=O) groups is 1. The van der Waals surface area contributed by atoms with Gasteiger partial charge in [-0.25, -0.2) is 0 Å². The van der Waals surface area contributed by atoms with Crippen molar-refractivity contribution in [3.05, 3.63) is 0 Å². The van der Waals surface area contributed by atoms with Gasteiger partial charge < -0.3 is 4.90 Å². The Hall–Kier alpha value is -0.660. The number of hydrogen-bond donors (Lipinski definition) is 0. The van der Waals surface area contributed by atoms with Gasteiger partial charge in [0.25, 0.3) is 10.2 Å². The Balaban J connectivity index is 2.02. The van der Waals surface area contributed by atoms with Crippen molar-refractivity contribution in [2.45, 2.75) is 51.5 Å². The summed E-state index contributed by atoms with van der Waals surface area (Å²) in [5.74, 6) is 0.0230. The summed E-state index contributed by atoms with van der Waals surface area (Å²) in [5.41, 5.74) is 0. The molecule has 0 spiro atoms. The third kappa shape index (κ3) is 3.96. The first-order valence-corrected chi connectivity index (χ1v) is 9.31. The average Bonchev–Trinajstić information content (AvgIpc) is 2.73. The second-order valence-electron chi connectivity index (χ2n) is 6.07. The van der Waals surface area contributed by atoms with Crippen LogP contribution in [0.1, 0.15) is 45.4 Å². The zero-order valence-electron chi connectivity index (χ0n) is 13.1. The Morgan fingerprint density at radius 1 is 1.00 bits per heavy atom. The summed E-state index contributed by atoms with van der Waals surface area (Å²) in [5, 5.41) is 0. The molecule has 2 rings (SSSR count). The van der Waals surface area contributed by atoms with Crippen LogP contribution in [0, 0.1) is 0 Å². The minimum absolute atomic E-state index is 0.0230. The van der Waals surface area contributed by atoms with Crippen LogP contribution in [-0.4, -0.2) is 67.1 Å². The van der Waals surface area contributed by atoms with Gasteiger partial charge in [0, 0.05) is 46.2 Å². The molecule has 122 valence electrons. The predicted octanol–water partition coefficient (Wildman–Crippen LogP) is 1.05. The number of hydrogen-bond acceptors (Lipinski definition) is 3. The highest BCUT2D eigenvalue weighted by molar-refractivity contribution is 7.86. The van der Waals surface area contributed by atoms with Crippen LogP contribution in [0.4, 0.5) is 0 Å². The van der Waals surface area contributed by atoms with Gasteiger partial charge in [0.1, 0.15) is 0 Å². The lowest BCUT2D eigenvalue weighted by atomic mass is 9.96. The molecule has 0 bridgehead atoms. The molecule has 1 saturated carbocycles. The molecule has 1 amide bonds. The van der Waals surface area contributed by atoms with Gasteiger partial charge in [0.05, 0.1) is 0 Å². The molecular weight excluding hydrogens is 290 g/mol. The molecule has 1 aliphatic carbocycles. The van der Waals surface area contributed by atoms with Crippen molar-refractivity contribution in [2.24, 2.45) is 0 Å². The normalized spacial score (nSPS) is 23.3. The number of amides is 1. The smallest absolute Gasteiger partial charge is 0.282 e. The van der Waals surface area contributed by atoms with Crippen molar-refractivity contribution in [1.29, 1.82) is 0 Å². The molecular formula is C14H27N3O3S. The molecule has 2 fully saturated rings. The zero-order valence-corrected chi connectivity index (χ0v) is 13.9. The molecule has 6 nitrogen and oxygen atoms in total. The Morgan fingerprint density at radius 3 is 2.29 bits per heavy atom. The van der Waals surface area contributed by atoms with E-state index < -0.39 is 10.2 Å².